The van der Waals surface area contributed by atoms with E-state index in [2.05, 4.69) is 6.92 Å². The number of carboxylic acids is 1. The lowest BCUT2D eigenvalue weighted by Crippen LogP contribution is -2.30. The van der Waals surface area contributed by atoms with Crippen LogP contribution in [0.1, 0.15) is 51.9 Å². The van der Waals surface area contributed by atoms with E-state index in [1.807, 2.05) is 0 Å². The molecule has 0 aromatic carbocycles. The molecule has 0 aliphatic heterocycles. The molecule has 0 saturated heterocycles. The zero-order valence-electron chi connectivity index (χ0n) is 9.61. The van der Waals surface area contributed by atoms with E-state index < -0.39 is 5.97 Å². The van der Waals surface area contributed by atoms with Gasteiger partial charge in [0, 0.05) is 6.04 Å². The first-order chi connectivity index (χ1) is 7.09. The Morgan fingerprint density at radius 2 is 2.13 bits per heavy atom. The average Bonchev–Trinajstić information content (AvgIpc) is 2.94. The molecule has 3 heteroatoms. The largest absolute Gasteiger partial charge is 0.481 e. The maximum absolute atomic E-state index is 10.5. The van der Waals surface area contributed by atoms with E-state index in [4.69, 9.17) is 10.8 Å². The third-order valence-electron chi connectivity index (χ3n) is 3.36. The highest BCUT2D eigenvalue weighted by molar-refractivity contribution is 5.67. The molecular formula is C12H23NO2. The van der Waals surface area contributed by atoms with Crippen LogP contribution >= 0.6 is 0 Å². The number of aliphatic carboxylic acids is 1. The maximum atomic E-state index is 10.5. The summed E-state index contributed by atoms with van der Waals surface area (Å²) >= 11 is 0. The summed E-state index contributed by atoms with van der Waals surface area (Å²) in [6.07, 6.45) is 7.87. The summed E-state index contributed by atoms with van der Waals surface area (Å²) in [5.74, 6) is 0.556. The summed E-state index contributed by atoms with van der Waals surface area (Å²) in [7, 11) is 0. The number of carboxylic acid groups (broad SMARTS) is 1. The lowest BCUT2D eigenvalue weighted by molar-refractivity contribution is -0.137. The molecule has 0 heterocycles. The molecular weight excluding hydrogens is 190 g/mol. The second-order valence-electron chi connectivity index (χ2n) is 4.97. The highest BCUT2D eigenvalue weighted by Crippen LogP contribution is 2.34. The summed E-state index contributed by atoms with van der Waals surface area (Å²) in [6, 6.07) is -0.177. The summed E-state index contributed by atoms with van der Waals surface area (Å²) in [5, 5.41) is 8.61. The standard InChI is InChI=1S/C12H23NO2/c1-9(11(13)8-12(14)15)4-2-3-5-10-6-7-10/h9-11H,2-8,13H2,1H3,(H,14,15). The van der Waals surface area contributed by atoms with Crippen LogP contribution in [0.25, 0.3) is 0 Å². The van der Waals surface area contributed by atoms with Crippen LogP contribution < -0.4 is 5.73 Å². The molecule has 88 valence electrons. The average molecular weight is 213 g/mol. The Bertz CT molecular complexity index is 202. The van der Waals surface area contributed by atoms with Crippen LogP contribution in [0.5, 0.6) is 0 Å². The Balaban J connectivity index is 1.99. The maximum Gasteiger partial charge on any atom is 0.304 e. The smallest absolute Gasteiger partial charge is 0.304 e. The van der Waals surface area contributed by atoms with Crippen molar-refractivity contribution in [3.63, 3.8) is 0 Å². The van der Waals surface area contributed by atoms with E-state index in [-0.39, 0.29) is 12.5 Å². The highest BCUT2D eigenvalue weighted by Gasteiger charge is 2.20. The van der Waals surface area contributed by atoms with E-state index in [0.717, 1.165) is 12.3 Å². The SMILES string of the molecule is CC(CCCCC1CC1)C(N)CC(=O)O. The van der Waals surface area contributed by atoms with Crippen molar-refractivity contribution in [1.29, 1.82) is 0 Å². The van der Waals surface area contributed by atoms with Crippen molar-refractivity contribution in [2.45, 2.75) is 57.9 Å². The van der Waals surface area contributed by atoms with Crippen LogP contribution in [0, 0.1) is 11.8 Å². The first kappa shape index (κ1) is 12.5. The number of hydrogen-bond donors (Lipinski definition) is 2. The molecule has 0 aromatic heterocycles. The van der Waals surface area contributed by atoms with Crippen molar-refractivity contribution >= 4 is 5.97 Å². The van der Waals surface area contributed by atoms with Gasteiger partial charge >= 0.3 is 5.97 Å². The van der Waals surface area contributed by atoms with Gasteiger partial charge in [0.05, 0.1) is 6.42 Å². The minimum Gasteiger partial charge on any atom is -0.481 e. The highest BCUT2D eigenvalue weighted by atomic mass is 16.4. The Labute approximate surface area is 92.0 Å². The van der Waals surface area contributed by atoms with Gasteiger partial charge in [-0.05, 0) is 18.3 Å². The Morgan fingerprint density at radius 1 is 1.47 bits per heavy atom. The second kappa shape index (κ2) is 6.11. The molecule has 3 N–H and O–H groups in total. The molecule has 0 bridgehead atoms. The van der Waals surface area contributed by atoms with Crippen LogP contribution in [0.3, 0.4) is 0 Å². The van der Waals surface area contributed by atoms with Crippen molar-refractivity contribution < 1.29 is 9.90 Å². The summed E-state index contributed by atoms with van der Waals surface area (Å²) < 4.78 is 0. The van der Waals surface area contributed by atoms with Crippen LogP contribution in [0.2, 0.25) is 0 Å². The topological polar surface area (TPSA) is 63.3 Å². The van der Waals surface area contributed by atoms with Gasteiger partial charge in [0.25, 0.3) is 0 Å². The Morgan fingerprint density at radius 3 is 2.67 bits per heavy atom. The molecule has 0 aromatic rings. The molecule has 0 radical (unpaired) electrons. The number of unbranched alkanes of at least 4 members (excludes halogenated alkanes) is 1. The monoisotopic (exact) mass is 213 g/mol. The van der Waals surface area contributed by atoms with Gasteiger partial charge in [-0.15, -0.1) is 0 Å². The van der Waals surface area contributed by atoms with Crippen LogP contribution in [0.15, 0.2) is 0 Å². The predicted molar refractivity (Wildman–Crippen MR) is 60.6 cm³/mol. The van der Waals surface area contributed by atoms with Gasteiger partial charge < -0.3 is 10.8 Å². The van der Waals surface area contributed by atoms with Crippen LogP contribution in [-0.2, 0) is 4.79 Å². The quantitative estimate of drug-likeness (QED) is 0.608. The third kappa shape index (κ3) is 5.78. The molecule has 0 amide bonds. The molecule has 1 aliphatic carbocycles. The van der Waals surface area contributed by atoms with E-state index in [9.17, 15) is 4.79 Å². The molecule has 1 rings (SSSR count). The molecule has 1 saturated carbocycles. The molecule has 3 nitrogen and oxygen atoms in total. The predicted octanol–water partition coefficient (Wildman–Crippen LogP) is 2.39. The van der Waals surface area contributed by atoms with Gasteiger partial charge in [-0.25, -0.2) is 0 Å². The molecule has 2 atom stereocenters. The van der Waals surface area contributed by atoms with Gasteiger partial charge in [-0.2, -0.15) is 0 Å². The fraction of sp³-hybridized carbons (Fsp3) is 0.917. The lowest BCUT2D eigenvalue weighted by Gasteiger charge is -2.17. The van der Waals surface area contributed by atoms with E-state index >= 15 is 0 Å². The third-order valence-corrected chi connectivity index (χ3v) is 3.36. The summed E-state index contributed by atoms with van der Waals surface area (Å²) in [5.41, 5.74) is 5.79. The van der Waals surface area contributed by atoms with E-state index in [0.29, 0.717) is 5.92 Å². The van der Waals surface area contributed by atoms with E-state index in [1.54, 1.807) is 0 Å². The van der Waals surface area contributed by atoms with Gasteiger partial charge in [-0.1, -0.05) is 39.0 Å². The molecule has 1 aliphatic rings. The summed E-state index contributed by atoms with van der Waals surface area (Å²) in [4.78, 5) is 10.5. The van der Waals surface area contributed by atoms with Gasteiger partial charge in [0.1, 0.15) is 0 Å². The molecule has 2 unspecified atom stereocenters. The fourth-order valence-electron chi connectivity index (χ4n) is 1.92. The summed E-state index contributed by atoms with van der Waals surface area (Å²) in [6.45, 7) is 2.06. The van der Waals surface area contributed by atoms with Crippen molar-refractivity contribution in [3.05, 3.63) is 0 Å². The van der Waals surface area contributed by atoms with Crippen molar-refractivity contribution in [2.24, 2.45) is 17.6 Å². The number of carbonyl (C=O) groups is 1. The molecule has 1 fully saturated rings. The van der Waals surface area contributed by atoms with Gasteiger partial charge in [0.15, 0.2) is 0 Å². The minimum atomic E-state index is -0.785. The van der Waals surface area contributed by atoms with Crippen LogP contribution in [-0.4, -0.2) is 17.1 Å². The first-order valence-corrected chi connectivity index (χ1v) is 6.07. The zero-order chi connectivity index (χ0) is 11.3. The number of rotatable bonds is 8. The fourth-order valence-corrected chi connectivity index (χ4v) is 1.92. The number of nitrogens with two attached hydrogens (primary N) is 1. The van der Waals surface area contributed by atoms with Gasteiger partial charge in [0.2, 0.25) is 0 Å². The van der Waals surface area contributed by atoms with Crippen molar-refractivity contribution in [3.8, 4) is 0 Å². The van der Waals surface area contributed by atoms with Crippen molar-refractivity contribution in [1.82, 2.24) is 0 Å². The molecule has 0 spiro atoms. The Hall–Kier alpha value is -0.570. The zero-order valence-corrected chi connectivity index (χ0v) is 9.61. The first-order valence-electron chi connectivity index (χ1n) is 6.07. The normalized spacial score (nSPS) is 19.9. The Kier molecular flexibility index (Phi) is 5.09. The van der Waals surface area contributed by atoms with Gasteiger partial charge in [-0.3, -0.25) is 4.79 Å². The van der Waals surface area contributed by atoms with E-state index in [1.165, 1.54) is 32.1 Å². The second-order valence-corrected chi connectivity index (χ2v) is 4.97. The van der Waals surface area contributed by atoms with Crippen LogP contribution in [0.4, 0.5) is 0 Å². The number of hydrogen-bond acceptors (Lipinski definition) is 2. The molecule has 15 heavy (non-hydrogen) atoms. The van der Waals surface area contributed by atoms with Crippen molar-refractivity contribution in [2.75, 3.05) is 0 Å². The lowest BCUT2D eigenvalue weighted by atomic mass is 9.93. The minimum absolute atomic E-state index is 0.101.